The summed E-state index contributed by atoms with van der Waals surface area (Å²) < 4.78 is 19.4. The van der Waals surface area contributed by atoms with Gasteiger partial charge in [-0.05, 0) is 31.2 Å². The van der Waals surface area contributed by atoms with Crippen molar-refractivity contribution in [2.24, 2.45) is 0 Å². The summed E-state index contributed by atoms with van der Waals surface area (Å²) in [4.78, 5) is 12.4. The first-order valence-electron chi connectivity index (χ1n) is 9.19. The first-order chi connectivity index (χ1) is 13.6. The number of fused-ring (bicyclic) bond motifs is 7. The highest BCUT2D eigenvalue weighted by Crippen LogP contribution is 2.53. The normalized spacial score (nSPS) is 17.0. The van der Waals surface area contributed by atoms with E-state index in [0.29, 0.717) is 24.1 Å². The second kappa shape index (κ2) is 6.31. The molecule has 1 atom stereocenters. The van der Waals surface area contributed by atoms with E-state index in [1.807, 2.05) is 37.3 Å². The van der Waals surface area contributed by atoms with E-state index in [4.69, 9.17) is 25.8 Å². The molecule has 1 aromatic heterocycles. The van der Waals surface area contributed by atoms with E-state index in [9.17, 15) is 4.79 Å². The smallest absolute Gasteiger partial charge is 0.230 e. The second-order valence-corrected chi connectivity index (χ2v) is 7.30. The molecule has 142 valence electrons. The number of carbonyl (C=O) groups excluding carboxylic acids is 1. The molecule has 2 aliphatic heterocycles. The van der Waals surface area contributed by atoms with E-state index >= 15 is 0 Å². The summed E-state index contributed by atoms with van der Waals surface area (Å²) in [6.07, 6.45) is 1.69. The molecule has 1 unspecified atom stereocenters. The summed E-state index contributed by atoms with van der Waals surface area (Å²) in [5.74, 6) is 1.85. The van der Waals surface area contributed by atoms with Crippen molar-refractivity contribution in [2.75, 3.05) is 13.2 Å². The van der Waals surface area contributed by atoms with Crippen molar-refractivity contribution in [3.05, 3.63) is 64.4 Å². The monoisotopic (exact) mass is 395 g/mol. The maximum Gasteiger partial charge on any atom is 0.230 e. The SMILES string of the molecule is CCOc1cccc2c1C1C(=COc3c1c1ccc(Cl)cc1n3C(C)=O)CO2. The minimum Gasteiger partial charge on any atom is -0.493 e. The van der Waals surface area contributed by atoms with Crippen LogP contribution >= 0.6 is 11.6 Å². The number of hydrogen-bond acceptors (Lipinski definition) is 4. The molecule has 0 radical (unpaired) electrons. The Balaban J connectivity index is 1.85. The lowest BCUT2D eigenvalue weighted by Crippen LogP contribution is -2.23. The van der Waals surface area contributed by atoms with Gasteiger partial charge in [-0.3, -0.25) is 4.79 Å². The van der Waals surface area contributed by atoms with Crippen molar-refractivity contribution < 1.29 is 19.0 Å². The molecule has 5 rings (SSSR count). The van der Waals surface area contributed by atoms with Gasteiger partial charge in [0.25, 0.3) is 0 Å². The van der Waals surface area contributed by atoms with Gasteiger partial charge in [-0.25, -0.2) is 4.57 Å². The quantitative estimate of drug-likeness (QED) is 0.601. The van der Waals surface area contributed by atoms with Gasteiger partial charge in [0.2, 0.25) is 11.8 Å². The predicted molar refractivity (Wildman–Crippen MR) is 107 cm³/mol. The molecule has 5 nitrogen and oxygen atoms in total. The molecule has 3 heterocycles. The highest BCUT2D eigenvalue weighted by atomic mass is 35.5. The number of benzene rings is 2. The van der Waals surface area contributed by atoms with E-state index in [-0.39, 0.29) is 11.8 Å². The molecule has 0 spiro atoms. The van der Waals surface area contributed by atoms with Gasteiger partial charge in [-0.2, -0.15) is 0 Å². The zero-order chi connectivity index (χ0) is 19.4. The van der Waals surface area contributed by atoms with Gasteiger partial charge in [0.1, 0.15) is 18.1 Å². The van der Waals surface area contributed by atoms with Crippen LogP contribution in [0.5, 0.6) is 17.4 Å². The number of ether oxygens (including phenoxy) is 3. The third-order valence-electron chi connectivity index (χ3n) is 5.23. The summed E-state index contributed by atoms with van der Waals surface area (Å²) in [5.41, 5.74) is 3.63. The molecule has 0 saturated carbocycles. The average molecular weight is 396 g/mol. The van der Waals surface area contributed by atoms with Crippen LogP contribution in [0.3, 0.4) is 0 Å². The molecule has 2 aromatic carbocycles. The van der Waals surface area contributed by atoms with Gasteiger partial charge >= 0.3 is 0 Å². The minimum atomic E-state index is -0.129. The third kappa shape index (κ3) is 2.36. The Morgan fingerprint density at radius 2 is 2.14 bits per heavy atom. The lowest BCUT2D eigenvalue weighted by atomic mass is 9.81. The summed E-state index contributed by atoms with van der Waals surface area (Å²) in [6.45, 7) is 4.45. The number of hydrogen-bond donors (Lipinski definition) is 0. The third-order valence-corrected chi connectivity index (χ3v) is 5.46. The average Bonchev–Trinajstić information content (AvgIpc) is 3.01. The number of aromatic nitrogens is 1. The Morgan fingerprint density at radius 3 is 2.93 bits per heavy atom. The fraction of sp³-hybridized carbons (Fsp3) is 0.227. The fourth-order valence-corrected chi connectivity index (χ4v) is 4.35. The maximum atomic E-state index is 12.4. The molecule has 0 fully saturated rings. The summed E-state index contributed by atoms with van der Waals surface area (Å²) in [6, 6.07) is 11.4. The molecular weight excluding hydrogens is 378 g/mol. The van der Waals surface area contributed by atoms with Crippen molar-refractivity contribution in [2.45, 2.75) is 19.8 Å². The molecule has 2 aliphatic rings. The highest BCUT2D eigenvalue weighted by molar-refractivity contribution is 6.31. The second-order valence-electron chi connectivity index (χ2n) is 6.87. The van der Waals surface area contributed by atoms with Crippen molar-refractivity contribution >= 4 is 28.4 Å². The molecule has 6 heteroatoms. The van der Waals surface area contributed by atoms with Crippen LogP contribution in [-0.4, -0.2) is 23.7 Å². The van der Waals surface area contributed by atoms with E-state index in [1.165, 1.54) is 6.92 Å². The van der Waals surface area contributed by atoms with Gasteiger partial charge in [0.15, 0.2) is 0 Å². The zero-order valence-electron chi connectivity index (χ0n) is 15.5. The molecular formula is C22H18ClNO4. The van der Waals surface area contributed by atoms with Crippen molar-refractivity contribution in [1.29, 1.82) is 0 Å². The maximum absolute atomic E-state index is 12.4. The van der Waals surface area contributed by atoms with Crippen LogP contribution in [-0.2, 0) is 0 Å². The predicted octanol–water partition coefficient (Wildman–Crippen LogP) is 5.15. The number of carbonyl (C=O) groups is 1. The topological polar surface area (TPSA) is 49.7 Å². The molecule has 0 bridgehead atoms. The van der Waals surface area contributed by atoms with E-state index in [1.54, 1.807) is 16.9 Å². The molecule has 28 heavy (non-hydrogen) atoms. The standard InChI is InChI=1S/C22H18ClNO4/c1-3-26-17-5-4-6-18-21(17)19-13(10-27-18)11-28-22-20(19)15-8-7-14(23)9-16(15)24(22)12(2)25/h4-9,11,19H,3,10H2,1-2H3. The van der Waals surface area contributed by atoms with Gasteiger partial charge in [-0.15, -0.1) is 0 Å². The van der Waals surface area contributed by atoms with Crippen molar-refractivity contribution in [3.8, 4) is 17.4 Å². The summed E-state index contributed by atoms with van der Waals surface area (Å²) in [5, 5.41) is 1.50. The number of halogens is 1. The molecule has 0 saturated heterocycles. The van der Waals surface area contributed by atoms with Crippen molar-refractivity contribution in [1.82, 2.24) is 4.57 Å². The van der Waals surface area contributed by atoms with Crippen LogP contribution in [0.1, 0.15) is 35.7 Å². The molecule has 0 aliphatic carbocycles. The molecule has 3 aromatic rings. The van der Waals surface area contributed by atoms with Crippen LogP contribution in [0.25, 0.3) is 10.9 Å². The Hall–Kier alpha value is -2.92. The van der Waals surface area contributed by atoms with Crippen LogP contribution < -0.4 is 14.2 Å². The van der Waals surface area contributed by atoms with E-state index in [0.717, 1.165) is 39.1 Å². The van der Waals surface area contributed by atoms with Gasteiger partial charge in [0.05, 0.1) is 18.4 Å². The first kappa shape index (κ1) is 17.2. The van der Waals surface area contributed by atoms with Crippen LogP contribution in [0.2, 0.25) is 5.02 Å². The lowest BCUT2D eigenvalue weighted by Gasteiger charge is -2.32. The van der Waals surface area contributed by atoms with Crippen LogP contribution in [0.15, 0.2) is 48.2 Å². The van der Waals surface area contributed by atoms with Gasteiger partial charge in [-0.1, -0.05) is 23.7 Å². The largest absolute Gasteiger partial charge is 0.493 e. The number of rotatable bonds is 2. The fourth-order valence-electron chi connectivity index (χ4n) is 4.18. The van der Waals surface area contributed by atoms with Crippen LogP contribution in [0.4, 0.5) is 0 Å². The van der Waals surface area contributed by atoms with Gasteiger partial charge < -0.3 is 14.2 Å². The Labute approximate surface area is 167 Å². The van der Waals surface area contributed by atoms with E-state index < -0.39 is 0 Å². The number of nitrogens with zero attached hydrogens (tertiary/aromatic N) is 1. The molecule has 0 amide bonds. The summed E-state index contributed by atoms with van der Waals surface area (Å²) >= 11 is 6.23. The first-order valence-corrected chi connectivity index (χ1v) is 9.56. The Bertz CT molecular complexity index is 1160. The van der Waals surface area contributed by atoms with Crippen molar-refractivity contribution in [3.63, 3.8) is 0 Å². The Morgan fingerprint density at radius 1 is 1.29 bits per heavy atom. The molecule has 0 N–H and O–H groups in total. The van der Waals surface area contributed by atoms with Gasteiger partial charge in [0, 0.05) is 40.0 Å². The van der Waals surface area contributed by atoms with Crippen LogP contribution in [0, 0.1) is 0 Å². The highest BCUT2D eigenvalue weighted by Gasteiger charge is 2.39. The lowest BCUT2D eigenvalue weighted by molar-refractivity contribution is 0.0933. The summed E-state index contributed by atoms with van der Waals surface area (Å²) in [7, 11) is 0. The van der Waals surface area contributed by atoms with E-state index in [2.05, 4.69) is 0 Å². The minimum absolute atomic E-state index is 0.112. The Kier molecular flexibility index (Phi) is 3.88. The zero-order valence-corrected chi connectivity index (χ0v) is 16.2.